The highest BCUT2D eigenvalue weighted by molar-refractivity contribution is 5.88. The van der Waals surface area contributed by atoms with E-state index in [1.165, 1.54) is 0 Å². The Hall–Kier alpha value is -3.54. The molecule has 2 aliphatic rings. The molecule has 0 radical (unpaired) electrons. The van der Waals surface area contributed by atoms with Gasteiger partial charge in [0.2, 0.25) is 11.7 Å². The third-order valence-corrected chi connectivity index (χ3v) is 6.24. The van der Waals surface area contributed by atoms with Gasteiger partial charge in [-0.05, 0) is 57.7 Å². The molecule has 12 nitrogen and oxygen atoms in total. The number of nitrogens with zero attached hydrogens (tertiary/aromatic N) is 6. The minimum Gasteiger partial charge on any atom is -0.474 e. The largest absolute Gasteiger partial charge is 0.474 e. The zero-order valence-corrected chi connectivity index (χ0v) is 20.9. The van der Waals surface area contributed by atoms with E-state index in [2.05, 4.69) is 35.8 Å². The Balaban J connectivity index is 1.34. The molecule has 2 N–H and O–H groups in total. The molecule has 2 fully saturated rings. The number of aromatic nitrogens is 6. The van der Waals surface area contributed by atoms with Crippen LogP contribution in [-0.2, 0) is 9.47 Å². The van der Waals surface area contributed by atoms with Gasteiger partial charge in [-0.15, -0.1) is 10.2 Å². The highest BCUT2D eigenvalue weighted by Gasteiger charge is 2.27. The Kier molecular flexibility index (Phi) is 6.86. The van der Waals surface area contributed by atoms with Gasteiger partial charge in [0, 0.05) is 37.0 Å². The molecule has 5 rings (SSSR count). The summed E-state index contributed by atoms with van der Waals surface area (Å²) in [5.74, 6) is 1.82. The first-order valence-electron chi connectivity index (χ1n) is 12.4. The summed E-state index contributed by atoms with van der Waals surface area (Å²) in [6, 6.07) is 3.99. The van der Waals surface area contributed by atoms with E-state index >= 15 is 0 Å². The van der Waals surface area contributed by atoms with Crippen molar-refractivity contribution >= 4 is 22.8 Å². The molecule has 0 bridgehead atoms. The number of fused-ring (bicyclic) bond motifs is 1. The highest BCUT2D eigenvalue weighted by Crippen LogP contribution is 2.33. The summed E-state index contributed by atoms with van der Waals surface area (Å²) >= 11 is 0. The van der Waals surface area contributed by atoms with E-state index in [-0.39, 0.29) is 18.2 Å². The topological polar surface area (TPSA) is 140 Å². The number of carbonyl (C=O) groups is 1. The van der Waals surface area contributed by atoms with Crippen LogP contribution in [0, 0.1) is 0 Å². The lowest BCUT2D eigenvalue weighted by Gasteiger charge is -2.31. The number of carbonyl (C=O) groups excluding carboxylic acids is 1. The molecule has 1 amide bonds. The summed E-state index contributed by atoms with van der Waals surface area (Å²) in [5.41, 5.74) is 0.998. The maximum absolute atomic E-state index is 12.2. The molecule has 0 unspecified atom stereocenters. The van der Waals surface area contributed by atoms with Crippen LogP contribution in [0.4, 0.5) is 10.6 Å². The summed E-state index contributed by atoms with van der Waals surface area (Å²) in [5, 5.41) is 18.0. The number of H-pyrrole nitrogens is 1. The number of ether oxygens (including phenoxy) is 3. The number of amides is 1. The number of hydrogen-bond acceptors (Lipinski definition) is 10. The molecular formula is C24H32N8O4. The first-order chi connectivity index (χ1) is 17.3. The van der Waals surface area contributed by atoms with Crippen molar-refractivity contribution in [2.75, 3.05) is 31.2 Å². The molecule has 1 saturated carbocycles. The number of anilines is 1. The summed E-state index contributed by atoms with van der Waals surface area (Å²) in [6.07, 6.45) is 4.53. The Morgan fingerprint density at radius 1 is 1.17 bits per heavy atom. The maximum Gasteiger partial charge on any atom is 0.407 e. The van der Waals surface area contributed by atoms with Crippen molar-refractivity contribution in [1.82, 2.24) is 35.9 Å². The van der Waals surface area contributed by atoms with Crippen molar-refractivity contribution in [2.45, 2.75) is 64.2 Å². The van der Waals surface area contributed by atoms with Gasteiger partial charge < -0.3 is 24.4 Å². The van der Waals surface area contributed by atoms with Crippen molar-refractivity contribution in [3.05, 3.63) is 18.3 Å². The fourth-order valence-electron chi connectivity index (χ4n) is 4.49. The predicted octanol–water partition coefficient (Wildman–Crippen LogP) is 2.86. The predicted molar refractivity (Wildman–Crippen MR) is 132 cm³/mol. The fraction of sp³-hybridized carbons (Fsp3) is 0.583. The van der Waals surface area contributed by atoms with Gasteiger partial charge in [0.05, 0.1) is 24.1 Å². The second-order valence-electron chi connectivity index (χ2n) is 10.1. The van der Waals surface area contributed by atoms with Crippen LogP contribution in [0.3, 0.4) is 0 Å². The minimum absolute atomic E-state index is 0.0221. The Bertz CT molecular complexity index is 1180. The Morgan fingerprint density at radius 2 is 1.94 bits per heavy atom. The number of morpholine rings is 1. The molecule has 3 aromatic rings. The van der Waals surface area contributed by atoms with E-state index in [9.17, 15) is 4.79 Å². The average Bonchev–Trinajstić information content (AvgIpc) is 3.39. The second kappa shape index (κ2) is 10.2. The lowest BCUT2D eigenvalue weighted by Crippen LogP contribution is -2.42. The number of rotatable bonds is 5. The molecule has 12 heteroatoms. The summed E-state index contributed by atoms with van der Waals surface area (Å²) in [4.78, 5) is 23.9. The third-order valence-electron chi connectivity index (χ3n) is 6.24. The van der Waals surface area contributed by atoms with Gasteiger partial charge in [-0.2, -0.15) is 10.2 Å². The van der Waals surface area contributed by atoms with Crippen molar-refractivity contribution < 1.29 is 19.0 Å². The molecule has 0 aromatic carbocycles. The normalized spacial score (nSPS) is 20.8. The van der Waals surface area contributed by atoms with Crippen LogP contribution in [0.5, 0.6) is 5.88 Å². The Morgan fingerprint density at radius 3 is 2.64 bits per heavy atom. The second-order valence-corrected chi connectivity index (χ2v) is 10.1. The fourth-order valence-corrected chi connectivity index (χ4v) is 4.49. The van der Waals surface area contributed by atoms with E-state index in [0.717, 1.165) is 61.1 Å². The maximum atomic E-state index is 12.2. The van der Waals surface area contributed by atoms with Crippen LogP contribution in [0.15, 0.2) is 18.3 Å². The van der Waals surface area contributed by atoms with Gasteiger partial charge in [-0.1, -0.05) is 0 Å². The number of aromatic amines is 1. The summed E-state index contributed by atoms with van der Waals surface area (Å²) < 4.78 is 17.4. The average molecular weight is 497 g/mol. The minimum atomic E-state index is -0.517. The lowest BCUT2D eigenvalue weighted by atomic mass is 9.93. The van der Waals surface area contributed by atoms with Gasteiger partial charge in [0.15, 0.2) is 0 Å². The zero-order valence-electron chi connectivity index (χ0n) is 20.9. The SMILES string of the molecule is CC(C)(C)OC(=O)N[C@H]1CC[C@@H](Oc2nc(N3CCOCC3)cc3ncc(-c4nn[nH]n4)cc23)CC1. The standard InChI is InChI=1S/C24H32N8O4/c1-24(2,3)36-23(33)26-16-4-6-17(7-5-16)35-22-18-12-15(21-28-30-31-29-21)14-25-19(18)13-20(27-22)32-8-10-34-11-9-32/h12-14,16-17H,4-11H2,1-3H3,(H,26,33)(H,28,29,30,31)/t16-,17+. The quantitative estimate of drug-likeness (QED) is 0.542. The van der Waals surface area contributed by atoms with E-state index in [1.807, 2.05) is 32.9 Å². The van der Waals surface area contributed by atoms with Gasteiger partial charge in [0.25, 0.3) is 0 Å². The van der Waals surface area contributed by atoms with Crippen molar-refractivity contribution in [1.29, 1.82) is 0 Å². The van der Waals surface area contributed by atoms with Crippen LogP contribution < -0.4 is 15.0 Å². The molecule has 3 aromatic heterocycles. The van der Waals surface area contributed by atoms with Crippen LogP contribution >= 0.6 is 0 Å². The van der Waals surface area contributed by atoms with Crippen LogP contribution in [0.1, 0.15) is 46.5 Å². The van der Waals surface area contributed by atoms with Crippen molar-refractivity contribution in [3.8, 4) is 17.3 Å². The highest BCUT2D eigenvalue weighted by atomic mass is 16.6. The summed E-state index contributed by atoms with van der Waals surface area (Å²) in [7, 11) is 0. The molecule has 4 heterocycles. The molecular weight excluding hydrogens is 464 g/mol. The number of pyridine rings is 2. The van der Waals surface area contributed by atoms with E-state index in [1.54, 1.807) is 6.20 Å². The van der Waals surface area contributed by atoms with Crippen molar-refractivity contribution in [2.24, 2.45) is 0 Å². The molecule has 1 aliphatic heterocycles. The monoisotopic (exact) mass is 496 g/mol. The zero-order chi connectivity index (χ0) is 25.1. The summed E-state index contributed by atoms with van der Waals surface area (Å²) in [6.45, 7) is 8.43. The van der Waals surface area contributed by atoms with Gasteiger partial charge >= 0.3 is 6.09 Å². The van der Waals surface area contributed by atoms with E-state index in [0.29, 0.717) is 24.9 Å². The van der Waals surface area contributed by atoms with Gasteiger partial charge in [-0.25, -0.2) is 4.79 Å². The first kappa shape index (κ1) is 24.2. The van der Waals surface area contributed by atoms with Crippen LogP contribution in [-0.4, -0.2) is 80.7 Å². The van der Waals surface area contributed by atoms with Crippen molar-refractivity contribution in [3.63, 3.8) is 0 Å². The smallest absolute Gasteiger partial charge is 0.407 e. The number of nitrogens with one attached hydrogen (secondary N) is 2. The molecule has 0 atom stereocenters. The number of hydrogen-bond donors (Lipinski definition) is 2. The van der Waals surface area contributed by atoms with E-state index < -0.39 is 5.60 Å². The number of tetrazole rings is 1. The molecule has 36 heavy (non-hydrogen) atoms. The first-order valence-corrected chi connectivity index (χ1v) is 12.4. The molecule has 0 spiro atoms. The van der Waals surface area contributed by atoms with Gasteiger partial charge in [-0.3, -0.25) is 4.98 Å². The third kappa shape index (κ3) is 5.81. The van der Waals surface area contributed by atoms with Gasteiger partial charge in [0.1, 0.15) is 17.5 Å². The van der Waals surface area contributed by atoms with E-state index in [4.69, 9.17) is 19.2 Å². The molecule has 1 saturated heterocycles. The molecule has 1 aliphatic carbocycles. The number of alkyl carbamates (subject to hydrolysis) is 1. The molecule has 192 valence electrons. The van der Waals surface area contributed by atoms with Crippen LogP contribution in [0.2, 0.25) is 0 Å². The Labute approximate surface area is 209 Å². The lowest BCUT2D eigenvalue weighted by molar-refractivity contribution is 0.0470. The van der Waals surface area contributed by atoms with Crippen LogP contribution in [0.25, 0.3) is 22.3 Å².